The van der Waals surface area contributed by atoms with Gasteiger partial charge in [-0.05, 0) is 12.5 Å². The Morgan fingerprint density at radius 1 is 1.08 bits per heavy atom. The van der Waals surface area contributed by atoms with Crippen molar-refractivity contribution in [1.82, 2.24) is 20.7 Å². The zero-order valence-electron chi connectivity index (χ0n) is 14.7. The number of rotatable bonds is 5. The quantitative estimate of drug-likeness (QED) is 0.750. The van der Waals surface area contributed by atoms with Crippen molar-refractivity contribution in [2.75, 3.05) is 6.54 Å². The van der Waals surface area contributed by atoms with E-state index in [1.807, 2.05) is 36.4 Å². The Bertz CT molecular complexity index is 868. The molecule has 1 heterocycles. The van der Waals surface area contributed by atoms with Crippen LogP contribution in [-0.4, -0.2) is 27.9 Å². The SMILES string of the molecule is Cc1cccc(C(C)(C)CNC(=O)c2n[nH]nc2-c2ccccc2)c1. The van der Waals surface area contributed by atoms with Gasteiger partial charge in [0.2, 0.25) is 0 Å². The van der Waals surface area contributed by atoms with Gasteiger partial charge in [0.15, 0.2) is 5.69 Å². The lowest BCUT2D eigenvalue weighted by molar-refractivity contribution is 0.0941. The topological polar surface area (TPSA) is 70.7 Å². The third kappa shape index (κ3) is 3.76. The number of aryl methyl sites for hydroxylation is 1. The summed E-state index contributed by atoms with van der Waals surface area (Å²) in [7, 11) is 0. The first-order valence-corrected chi connectivity index (χ1v) is 8.29. The summed E-state index contributed by atoms with van der Waals surface area (Å²) >= 11 is 0. The smallest absolute Gasteiger partial charge is 0.274 e. The second-order valence-electron chi connectivity index (χ2n) is 6.82. The molecule has 0 spiro atoms. The molecule has 5 heteroatoms. The van der Waals surface area contributed by atoms with Gasteiger partial charge in [0.1, 0.15) is 5.69 Å². The summed E-state index contributed by atoms with van der Waals surface area (Å²) in [5.74, 6) is -0.228. The largest absolute Gasteiger partial charge is 0.350 e. The number of nitrogens with one attached hydrogen (secondary N) is 2. The third-order valence-corrected chi connectivity index (χ3v) is 4.30. The van der Waals surface area contributed by atoms with Crippen molar-refractivity contribution in [3.63, 3.8) is 0 Å². The minimum absolute atomic E-state index is 0.182. The van der Waals surface area contributed by atoms with E-state index in [0.717, 1.165) is 5.56 Å². The third-order valence-electron chi connectivity index (χ3n) is 4.30. The number of hydrogen-bond donors (Lipinski definition) is 2. The van der Waals surface area contributed by atoms with Crippen LogP contribution in [0.1, 0.15) is 35.5 Å². The van der Waals surface area contributed by atoms with E-state index in [9.17, 15) is 4.79 Å². The number of carbonyl (C=O) groups is 1. The van der Waals surface area contributed by atoms with E-state index in [2.05, 4.69) is 59.7 Å². The fraction of sp³-hybridized carbons (Fsp3) is 0.250. The summed E-state index contributed by atoms with van der Waals surface area (Å²) in [5, 5.41) is 13.7. The average Bonchev–Trinajstić information content (AvgIpc) is 3.10. The normalized spacial score (nSPS) is 11.3. The predicted octanol–water partition coefficient (Wildman–Crippen LogP) is 3.49. The molecule has 0 aliphatic carbocycles. The second-order valence-corrected chi connectivity index (χ2v) is 6.82. The summed E-state index contributed by atoms with van der Waals surface area (Å²) in [6.45, 7) is 6.81. The highest BCUT2D eigenvalue weighted by Gasteiger charge is 2.24. The molecule has 0 aliphatic heterocycles. The van der Waals surface area contributed by atoms with Gasteiger partial charge in [-0.25, -0.2) is 0 Å². The molecule has 0 aliphatic rings. The Balaban J connectivity index is 1.75. The van der Waals surface area contributed by atoms with Gasteiger partial charge in [-0.3, -0.25) is 4.79 Å². The van der Waals surface area contributed by atoms with Gasteiger partial charge >= 0.3 is 0 Å². The van der Waals surface area contributed by atoms with E-state index in [0.29, 0.717) is 17.9 Å². The lowest BCUT2D eigenvalue weighted by Crippen LogP contribution is -2.37. The summed E-state index contributed by atoms with van der Waals surface area (Å²) in [6.07, 6.45) is 0. The van der Waals surface area contributed by atoms with Crippen LogP contribution in [0.2, 0.25) is 0 Å². The molecular weight excluding hydrogens is 312 g/mol. The minimum Gasteiger partial charge on any atom is -0.350 e. The van der Waals surface area contributed by atoms with Crippen LogP contribution < -0.4 is 5.32 Å². The summed E-state index contributed by atoms with van der Waals surface area (Å²) in [5.41, 5.74) is 3.95. The molecule has 2 N–H and O–H groups in total. The minimum atomic E-state index is -0.228. The molecule has 0 bridgehead atoms. The number of aromatic amines is 1. The molecule has 0 radical (unpaired) electrons. The summed E-state index contributed by atoms with van der Waals surface area (Å²) < 4.78 is 0. The lowest BCUT2D eigenvalue weighted by atomic mass is 9.84. The molecule has 0 atom stereocenters. The van der Waals surface area contributed by atoms with Crippen LogP contribution in [0.4, 0.5) is 0 Å². The molecule has 3 aromatic rings. The molecule has 128 valence electrons. The molecule has 0 saturated heterocycles. The van der Waals surface area contributed by atoms with Crippen molar-refractivity contribution in [2.45, 2.75) is 26.2 Å². The Morgan fingerprint density at radius 3 is 2.56 bits per heavy atom. The number of nitrogens with zero attached hydrogens (tertiary/aromatic N) is 2. The van der Waals surface area contributed by atoms with Crippen molar-refractivity contribution in [2.24, 2.45) is 0 Å². The number of amides is 1. The average molecular weight is 334 g/mol. The lowest BCUT2D eigenvalue weighted by Gasteiger charge is -2.26. The molecule has 0 unspecified atom stereocenters. The van der Waals surface area contributed by atoms with Gasteiger partial charge in [-0.1, -0.05) is 74.0 Å². The molecule has 3 rings (SSSR count). The first-order chi connectivity index (χ1) is 12.0. The van der Waals surface area contributed by atoms with Crippen molar-refractivity contribution >= 4 is 5.91 Å². The van der Waals surface area contributed by atoms with Crippen LogP contribution in [0.5, 0.6) is 0 Å². The van der Waals surface area contributed by atoms with Gasteiger partial charge in [0, 0.05) is 17.5 Å². The highest BCUT2D eigenvalue weighted by Crippen LogP contribution is 2.24. The zero-order chi connectivity index (χ0) is 17.9. The Morgan fingerprint density at radius 2 is 1.84 bits per heavy atom. The number of benzene rings is 2. The van der Waals surface area contributed by atoms with Gasteiger partial charge in [0.25, 0.3) is 5.91 Å². The molecule has 1 amide bonds. The standard InChI is InChI=1S/C20H22N4O/c1-14-8-7-11-16(12-14)20(2,3)13-21-19(25)18-17(22-24-23-18)15-9-5-4-6-10-15/h4-12H,13H2,1-3H3,(H,21,25)(H,22,23,24). The Kier molecular flexibility index (Phi) is 4.65. The van der Waals surface area contributed by atoms with Crippen LogP contribution in [0.15, 0.2) is 54.6 Å². The van der Waals surface area contributed by atoms with Crippen molar-refractivity contribution in [3.05, 3.63) is 71.4 Å². The van der Waals surface area contributed by atoms with E-state index in [-0.39, 0.29) is 11.3 Å². The maximum atomic E-state index is 12.6. The number of hydrogen-bond acceptors (Lipinski definition) is 3. The Hall–Kier alpha value is -2.95. The molecule has 25 heavy (non-hydrogen) atoms. The van der Waals surface area contributed by atoms with Crippen molar-refractivity contribution in [1.29, 1.82) is 0 Å². The monoisotopic (exact) mass is 334 g/mol. The van der Waals surface area contributed by atoms with Crippen LogP contribution >= 0.6 is 0 Å². The van der Waals surface area contributed by atoms with Gasteiger partial charge < -0.3 is 5.32 Å². The maximum absolute atomic E-state index is 12.6. The summed E-state index contributed by atoms with van der Waals surface area (Å²) in [4.78, 5) is 12.6. The fourth-order valence-corrected chi connectivity index (χ4v) is 2.74. The van der Waals surface area contributed by atoms with Crippen LogP contribution in [0.3, 0.4) is 0 Å². The molecule has 0 fully saturated rings. The van der Waals surface area contributed by atoms with Gasteiger partial charge in [-0.2, -0.15) is 15.4 Å². The van der Waals surface area contributed by atoms with Crippen molar-refractivity contribution < 1.29 is 4.79 Å². The van der Waals surface area contributed by atoms with Crippen molar-refractivity contribution in [3.8, 4) is 11.3 Å². The Labute approximate surface area is 147 Å². The molecular formula is C20H22N4O. The van der Waals surface area contributed by atoms with Crippen LogP contribution in [0.25, 0.3) is 11.3 Å². The second kappa shape index (κ2) is 6.89. The fourth-order valence-electron chi connectivity index (χ4n) is 2.74. The van der Waals surface area contributed by atoms with E-state index >= 15 is 0 Å². The molecule has 0 saturated carbocycles. The molecule has 1 aromatic heterocycles. The van der Waals surface area contributed by atoms with E-state index in [4.69, 9.17) is 0 Å². The molecule has 5 nitrogen and oxygen atoms in total. The van der Waals surface area contributed by atoms with Crippen LogP contribution in [-0.2, 0) is 5.41 Å². The highest BCUT2D eigenvalue weighted by molar-refractivity contribution is 5.97. The predicted molar refractivity (Wildman–Crippen MR) is 98.4 cm³/mol. The van der Waals surface area contributed by atoms with E-state index in [1.54, 1.807) is 0 Å². The first kappa shape index (κ1) is 16.9. The number of aromatic nitrogens is 3. The molecule has 2 aromatic carbocycles. The zero-order valence-corrected chi connectivity index (χ0v) is 14.7. The summed E-state index contributed by atoms with van der Waals surface area (Å²) in [6, 6.07) is 17.9. The highest BCUT2D eigenvalue weighted by atomic mass is 16.2. The number of H-pyrrole nitrogens is 1. The van der Waals surface area contributed by atoms with E-state index < -0.39 is 0 Å². The maximum Gasteiger partial charge on any atom is 0.274 e. The van der Waals surface area contributed by atoms with Crippen LogP contribution in [0, 0.1) is 6.92 Å². The first-order valence-electron chi connectivity index (χ1n) is 8.29. The van der Waals surface area contributed by atoms with E-state index in [1.165, 1.54) is 11.1 Å². The number of carbonyl (C=O) groups excluding carboxylic acids is 1. The van der Waals surface area contributed by atoms with Gasteiger partial charge in [-0.15, -0.1) is 0 Å². The van der Waals surface area contributed by atoms with Gasteiger partial charge in [0.05, 0.1) is 0 Å².